The summed E-state index contributed by atoms with van der Waals surface area (Å²) in [5.41, 5.74) is 2.78. The first-order valence-electron chi connectivity index (χ1n) is 28.4. The summed E-state index contributed by atoms with van der Waals surface area (Å²) in [5, 5.41) is 21.6. The van der Waals surface area contributed by atoms with Crippen LogP contribution in [-0.2, 0) is 32.5 Å². The summed E-state index contributed by atoms with van der Waals surface area (Å²) in [6.07, 6.45) is 15.3. The summed E-state index contributed by atoms with van der Waals surface area (Å²) >= 11 is 0. The van der Waals surface area contributed by atoms with E-state index in [-0.39, 0.29) is 71.5 Å². The van der Waals surface area contributed by atoms with Crippen LogP contribution >= 0.6 is 0 Å². The molecule has 0 bridgehead atoms. The molecular formula is C60H66F2N10O7. The summed E-state index contributed by atoms with van der Waals surface area (Å²) in [4.78, 5) is 61.7. The number of likely N-dealkylation sites (tertiary alicyclic amines) is 1. The predicted octanol–water partition coefficient (Wildman–Crippen LogP) is 7.70. The molecule has 2 N–H and O–H groups in total. The number of aliphatic hydroxyl groups is 1. The number of imide groups is 1. The third-order valence-corrected chi connectivity index (χ3v) is 18.6. The first-order chi connectivity index (χ1) is 38.4. The van der Waals surface area contributed by atoms with Gasteiger partial charge in [0.25, 0.3) is 0 Å². The number of rotatable bonds is 10. The number of aryl methyl sites for hydroxylation is 2. The fourth-order valence-corrected chi connectivity index (χ4v) is 14.4. The van der Waals surface area contributed by atoms with Crippen molar-refractivity contribution in [2.45, 2.75) is 119 Å². The van der Waals surface area contributed by atoms with Crippen LogP contribution in [0.2, 0.25) is 0 Å². The van der Waals surface area contributed by atoms with Gasteiger partial charge in [0.15, 0.2) is 5.82 Å². The Morgan fingerprint density at radius 1 is 0.924 bits per heavy atom. The van der Waals surface area contributed by atoms with E-state index in [1.807, 2.05) is 23.9 Å². The maximum atomic E-state index is 17.5. The van der Waals surface area contributed by atoms with Gasteiger partial charge in [0.2, 0.25) is 11.8 Å². The highest BCUT2D eigenvalue weighted by atomic mass is 19.1. The molecule has 3 aromatic carbocycles. The van der Waals surface area contributed by atoms with E-state index in [1.54, 1.807) is 23.1 Å². The van der Waals surface area contributed by atoms with Gasteiger partial charge in [0, 0.05) is 80.9 Å². The number of halogens is 2. The van der Waals surface area contributed by atoms with Crippen molar-refractivity contribution in [3.8, 4) is 29.6 Å². The average molecular weight is 1080 g/mol. The minimum atomic E-state index is -0.851. The van der Waals surface area contributed by atoms with Crippen molar-refractivity contribution in [2.75, 3.05) is 75.5 Å². The van der Waals surface area contributed by atoms with Crippen molar-refractivity contribution in [3.63, 3.8) is 0 Å². The van der Waals surface area contributed by atoms with Gasteiger partial charge in [-0.3, -0.25) is 24.5 Å². The van der Waals surface area contributed by atoms with Crippen molar-refractivity contribution in [1.82, 2.24) is 39.8 Å². The van der Waals surface area contributed by atoms with Gasteiger partial charge >= 0.3 is 12.1 Å². The number of pyridine rings is 1. The van der Waals surface area contributed by atoms with Crippen LogP contribution in [-0.4, -0.2) is 146 Å². The summed E-state index contributed by atoms with van der Waals surface area (Å²) in [6.45, 7) is 5.68. The Kier molecular flexibility index (Phi) is 13.4. The minimum absolute atomic E-state index is 0.00360. The largest absolute Gasteiger partial charge is 0.461 e. The number of carbonyl (C=O) groups is 3. The van der Waals surface area contributed by atoms with Gasteiger partial charge in [-0.15, -0.1) is 6.42 Å². The molecule has 6 fully saturated rings. The first kappa shape index (κ1) is 51.4. The molecule has 19 heteroatoms. The Morgan fingerprint density at radius 2 is 1.77 bits per heavy atom. The third kappa shape index (κ3) is 9.36. The van der Waals surface area contributed by atoms with E-state index >= 15 is 8.78 Å². The number of aromatic nitrogens is 5. The first-order valence-corrected chi connectivity index (χ1v) is 28.4. The van der Waals surface area contributed by atoms with Crippen LogP contribution in [0.3, 0.4) is 0 Å². The monoisotopic (exact) mass is 1080 g/mol. The highest BCUT2D eigenvalue weighted by Crippen LogP contribution is 2.45. The Hall–Kier alpha value is -7.01. The zero-order valence-electron chi connectivity index (χ0n) is 44.7. The van der Waals surface area contributed by atoms with Gasteiger partial charge in [-0.2, -0.15) is 15.1 Å². The van der Waals surface area contributed by atoms with Crippen LogP contribution in [0.4, 0.5) is 25.1 Å². The minimum Gasteiger partial charge on any atom is -0.461 e. The second-order valence-electron chi connectivity index (χ2n) is 23.2. The lowest BCUT2D eigenvalue weighted by atomic mass is 9.79. The van der Waals surface area contributed by atoms with Crippen LogP contribution in [0, 0.1) is 29.9 Å². The Balaban J connectivity index is 0.640. The molecular weight excluding hydrogens is 1010 g/mol. The molecule has 10 heterocycles. The maximum absolute atomic E-state index is 17.5. The lowest BCUT2D eigenvalue weighted by Crippen LogP contribution is -2.50. The lowest BCUT2D eigenvalue weighted by Gasteiger charge is -2.42. The second kappa shape index (κ2) is 20.6. The van der Waals surface area contributed by atoms with Gasteiger partial charge in [0.05, 0.1) is 57.6 Å². The fraction of sp³-hybridized carbons (Fsp3) is 0.517. The normalized spacial score (nSPS) is 24.5. The molecule has 6 saturated heterocycles. The van der Waals surface area contributed by atoms with Gasteiger partial charge in [-0.1, -0.05) is 30.2 Å². The van der Waals surface area contributed by atoms with Crippen LogP contribution in [0.5, 0.6) is 6.01 Å². The van der Waals surface area contributed by atoms with Crippen molar-refractivity contribution in [2.24, 2.45) is 13.0 Å². The molecule has 0 saturated carbocycles. The summed E-state index contributed by atoms with van der Waals surface area (Å²) in [7, 11) is 1.89. The molecule has 13 rings (SSSR count). The molecule has 17 nitrogen and oxygen atoms in total. The Morgan fingerprint density at radius 3 is 2.59 bits per heavy atom. The van der Waals surface area contributed by atoms with Gasteiger partial charge in [0.1, 0.15) is 36.1 Å². The fourth-order valence-electron chi connectivity index (χ4n) is 14.4. The second-order valence-corrected chi connectivity index (χ2v) is 23.2. The lowest BCUT2D eigenvalue weighted by molar-refractivity contribution is -0.134. The molecule has 0 aliphatic carbocycles. The Labute approximate surface area is 456 Å². The average Bonchev–Trinajstić information content (AvgIpc) is 4.28. The molecule has 7 aliphatic rings. The van der Waals surface area contributed by atoms with Gasteiger partial charge in [-0.05, 0) is 126 Å². The quantitative estimate of drug-likeness (QED) is 0.101. The number of terminal acetylenes is 1. The number of hydrogen-bond acceptors (Lipinski definition) is 14. The van der Waals surface area contributed by atoms with Crippen molar-refractivity contribution < 1.29 is 42.5 Å². The zero-order chi connectivity index (χ0) is 54.2. The molecule has 4 atom stereocenters. The Bertz CT molecular complexity index is 3460. The molecule has 3 amide bonds. The number of carbonyl (C=O) groups excluding carboxylic acids is 3. The molecule has 0 spiro atoms. The van der Waals surface area contributed by atoms with Crippen molar-refractivity contribution >= 4 is 62.0 Å². The van der Waals surface area contributed by atoms with Crippen LogP contribution < -0.4 is 19.9 Å². The number of benzene rings is 3. The highest BCUT2D eigenvalue weighted by Gasteiger charge is 2.51. The van der Waals surface area contributed by atoms with Crippen LogP contribution in [0.15, 0.2) is 48.5 Å². The third-order valence-electron chi connectivity index (χ3n) is 18.6. The number of anilines is 2. The summed E-state index contributed by atoms with van der Waals surface area (Å²) in [5.74, 6) is 1.22. The van der Waals surface area contributed by atoms with Crippen LogP contribution in [0.25, 0.3) is 43.8 Å². The maximum Gasteiger partial charge on any atom is 0.409 e. The summed E-state index contributed by atoms with van der Waals surface area (Å²) in [6, 6.07) is 14.6. The molecule has 1 unspecified atom stereocenters. The van der Waals surface area contributed by atoms with Crippen LogP contribution in [0.1, 0.15) is 106 Å². The van der Waals surface area contributed by atoms with Gasteiger partial charge in [-0.25, -0.2) is 18.6 Å². The number of piperidine rings is 3. The van der Waals surface area contributed by atoms with Gasteiger partial charge < -0.3 is 34.0 Å². The number of fused-ring (bicyclic) bond motifs is 5. The number of nitrogens with zero attached hydrogens (tertiary/aromatic N) is 9. The summed E-state index contributed by atoms with van der Waals surface area (Å²) < 4.78 is 53.2. The van der Waals surface area contributed by atoms with E-state index in [4.69, 9.17) is 40.7 Å². The van der Waals surface area contributed by atoms with Crippen molar-refractivity contribution in [3.05, 3.63) is 77.1 Å². The van der Waals surface area contributed by atoms with E-state index in [1.165, 1.54) is 6.07 Å². The number of amides is 3. The molecule has 0 radical (unpaired) electrons. The SMILES string of the molecule is C#Cc1c(F)ccc2cccc(-c3nc4c5c(nc(OC[C@@]67CCCN6[C@H](COC(=O)N6CCC(O)(CC8CCN(c9ccc%10c(C%11CCC(=O)NC%11=O)nn(C)c%10c9)CC8)CC6)CC7)nc5c3F)N3CCCOC[C@@H]3CC4)c12. The molecule has 79 heavy (non-hydrogen) atoms. The van der Waals surface area contributed by atoms with E-state index in [0.29, 0.717) is 123 Å². The predicted molar refractivity (Wildman–Crippen MR) is 293 cm³/mol. The molecule has 3 aromatic heterocycles. The van der Waals surface area contributed by atoms with Crippen molar-refractivity contribution in [1.29, 1.82) is 0 Å². The number of nitrogens with one attached hydrogen (secondary N) is 1. The topological polar surface area (TPSA) is 181 Å². The zero-order valence-corrected chi connectivity index (χ0v) is 44.7. The molecule has 7 aliphatic heterocycles. The van der Waals surface area contributed by atoms with E-state index in [9.17, 15) is 19.5 Å². The smallest absolute Gasteiger partial charge is 0.409 e. The molecule has 412 valence electrons. The molecule has 6 aromatic rings. The van der Waals surface area contributed by atoms with E-state index < -0.39 is 23.2 Å². The standard InChI is InChI=1S/C60H66F2N10O7/c1-3-41-45(61)14-9-37-7-4-8-43(49(37)41)53-51(62)54-50-46(63-53)15-11-39-33-77-30-6-24-71(39)55(50)66-57(65-54)79-35-59-20-5-25-72(59)40(17-21-59)34-78-58(75)70-28-22-60(76,23-29-70)32-36-18-26-69(27-19-36)38-10-12-42-47(31-38)68(2)67-52(42)44-13-16-48(73)64-56(44)74/h1,4,7-10,12,14,31,36,39-40,44,76H,5-6,11,13,15-30,32-35H2,2H3,(H,64,73,74)/t39-,40-,44?,59-/m0/s1. The highest BCUT2D eigenvalue weighted by molar-refractivity contribution is 6.04. The van der Waals surface area contributed by atoms with E-state index in [0.717, 1.165) is 81.2 Å². The van der Waals surface area contributed by atoms with E-state index in [2.05, 4.69) is 38.1 Å². The number of ether oxygens (including phenoxy) is 3. The number of hydrogen-bond donors (Lipinski definition) is 2.